The van der Waals surface area contributed by atoms with E-state index in [-0.39, 0.29) is 11.3 Å². The molecule has 2 heterocycles. The van der Waals surface area contributed by atoms with E-state index in [2.05, 4.69) is 20.1 Å². The summed E-state index contributed by atoms with van der Waals surface area (Å²) < 4.78 is 20.2. The van der Waals surface area contributed by atoms with E-state index in [1.807, 2.05) is 31.2 Å². The first-order chi connectivity index (χ1) is 16.1. The van der Waals surface area contributed by atoms with Gasteiger partial charge in [-0.25, -0.2) is 9.37 Å². The highest BCUT2D eigenvalue weighted by Crippen LogP contribution is 2.26. The van der Waals surface area contributed by atoms with Crippen LogP contribution in [0, 0.1) is 5.82 Å². The van der Waals surface area contributed by atoms with Crippen molar-refractivity contribution in [3.05, 3.63) is 77.4 Å². The Bertz CT molecular complexity index is 1310. The second kappa shape index (κ2) is 9.11. The fourth-order valence-electron chi connectivity index (χ4n) is 4.26. The summed E-state index contributed by atoms with van der Waals surface area (Å²) in [5, 5.41) is 9.10. The fourth-order valence-corrected chi connectivity index (χ4v) is 4.26. The van der Waals surface area contributed by atoms with E-state index in [0.717, 1.165) is 35.4 Å². The van der Waals surface area contributed by atoms with E-state index < -0.39 is 5.82 Å². The number of fused-ring (bicyclic) bond motifs is 1. The van der Waals surface area contributed by atoms with Crippen LogP contribution < -0.4 is 4.74 Å². The number of hydrogen-bond acceptors (Lipinski definition) is 5. The largest absolute Gasteiger partial charge is 0.494 e. The average Bonchev–Trinajstić information content (AvgIpc) is 3.52. The maximum atomic E-state index is 14.7. The first-order valence-corrected chi connectivity index (χ1v) is 11.3. The highest BCUT2D eigenvalue weighted by atomic mass is 19.1. The number of aromatic nitrogens is 3. The van der Waals surface area contributed by atoms with Crippen LogP contribution in [0.1, 0.15) is 41.5 Å². The van der Waals surface area contributed by atoms with Crippen molar-refractivity contribution in [2.75, 3.05) is 19.7 Å². The number of ketones is 1. The Labute approximate surface area is 191 Å². The van der Waals surface area contributed by atoms with E-state index in [9.17, 15) is 9.18 Å². The molecule has 0 atom stereocenters. The Morgan fingerprint density at radius 1 is 1.06 bits per heavy atom. The number of halogens is 1. The first-order valence-electron chi connectivity index (χ1n) is 11.3. The maximum Gasteiger partial charge on any atom is 0.196 e. The number of aromatic amines is 1. The fraction of sp³-hybridized carbons (Fsp3) is 0.269. The smallest absolute Gasteiger partial charge is 0.196 e. The number of H-pyrrole nitrogens is 1. The van der Waals surface area contributed by atoms with E-state index >= 15 is 0 Å². The number of hydrogen-bond donors (Lipinski definition) is 1. The molecule has 5 rings (SSSR count). The molecule has 6 nitrogen and oxygen atoms in total. The Morgan fingerprint density at radius 2 is 1.85 bits per heavy atom. The molecule has 7 heteroatoms. The number of benzene rings is 3. The van der Waals surface area contributed by atoms with Crippen LogP contribution in [0.25, 0.3) is 22.2 Å². The van der Waals surface area contributed by atoms with Crippen molar-refractivity contribution in [3.8, 4) is 17.1 Å². The molecule has 168 valence electrons. The van der Waals surface area contributed by atoms with Gasteiger partial charge in [-0.2, -0.15) is 5.10 Å². The number of carbonyl (C=O) groups is 1. The molecular formula is C26H25FN4O2. The monoisotopic (exact) mass is 444 g/mol. The zero-order chi connectivity index (χ0) is 22.8. The number of rotatable bonds is 7. The maximum absolute atomic E-state index is 14.7. The van der Waals surface area contributed by atoms with Gasteiger partial charge in [0.1, 0.15) is 17.4 Å². The van der Waals surface area contributed by atoms with Gasteiger partial charge in [0.15, 0.2) is 11.6 Å². The van der Waals surface area contributed by atoms with Crippen LogP contribution in [0.2, 0.25) is 0 Å². The normalized spacial score (nSPS) is 14.1. The summed E-state index contributed by atoms with van der Waals surface area (Å²) in [6, 6.07) is 15.5. The Kier molecular flexibility index (Phi) is 5.88. The average molecular weight is 445 g/mol. The molecule has 0 aliphatic carbocycles. The highest BCUT2D eigenvalue weighted by molar-refractivity contribution is 6.11. The number of nitrogens with one attached hydrogen (secondary N) is 1. The van der Waals surface area contributed by atoms with E-state index in [1.54, 1.807) is 18.2 Å². The lowest BCUT2D eigenvalue weighted by Crippen LogP contribution is -2.19. The number of ether oxygens (including phenoxy) is 1. The standard InChI is InChI=1S/C26H25FN4O2/c1-2-33-21-9-7-17-13-19(6-5-18(17)14-21)25(32)22-15-20(8-10-23(22)27)26-28-24(29-30-26)16-31-11-3-4-12-31/h5-10,13-15H,2-4,11-12,16H2,1H3,(H,28,29,30). The summed E-state index contributed by atoms with van der Waals surface area (Å²) in [5.41, 5.74) is 1.03. The van der Waals surface area contributed by atoms with Crippen molar-refractivity contribution in [2.24, 2.45) is 0 Å². The van der Waals surface area contributed by atoms with Gasteiger partial charge in [0, 0.05) is 11.1 Å². The molecule has 0 amide bonds. The summed E-state index contributed by atoms with van der Waals surface area (Å²) >= 11 is 0. The lowest BCUT2D eigenvalue weighted by Gasteiger charge is -2.11. The minimum Gasteiger partial charge on any atom is -0.494 e. The minimum absolute atomic E-state index is 0.00341. The van der Waals surface area contributed by atoms with Gasteiger partial charge in [0.25, 0.3) is 0 Å². The number of nitrogens with zero attached hydrogens (tertiary/aromatic N) is 3. The summed E-state index contributed by atoms with van der Waals surface area (Å²) in [4.78, 5) is 20.1. The van der Waals surface area contributed by atoms with Crippen molar-refractivity contribution >= 4 is 16.6 Å². The molecule has 0 saturated carbocycles. The lowest BCUT2D eigenvalue weighted by atomic mass is 9.98. The van der Waals surface area contributed by atoms with E-state index in [0.29, 0.717) is 30.1 Å². The SMILES string of the molecule is CCOc1ccc2cc(C(=O)c3cc(-c4n[nH]c(CN5CCCC5)n4)ccc3F)ccc2c1. The van der Waals surface area contributed by atoms with Crippen LogP contribution in [-0.4, -0.2) is 45.6 Å². The Morgan fingerprint density at radius 3 is 2.67 bits per heavy atom. The molecule has 0 bridgehead atoms. The molecule has 1 saturated heterocycles. The summed E-state index contributed by atoms with van der Waals surface area (Å²) in [5.74, 6) is 1.06. The molecule has 0 spiro atoms. The zero-order valence-corrected chi connectivity index (χ0v) is 18.5. The molecule has 1 N–H and O–H groups in total. The molecule has 1 fully saturated rings. The quantitative estimate of drug-likeness (QED) is 0.407. The Balaban J connectivity index is 1.41. The second-order valence-electron chi connectivity index (χ2n) is 8.27. The first kappa shape index (κ1) is 21.3. The number of likely N-dealkylation sites (tertiary alicyclic amines) is 1. The van der Waals surface area contributed by atoms with Gasteiger partial charge in [-0.3, -0.25) is 14.8 Å². The van der Waals surface area contributed by atoms with Gasteiger partial charge in [-0.1, -0.05) is 18.2 Å². The molecule has 33 heavy (non-hydrogen) atoms. The summed E-state index contributed by atoms with van der Waals surface area (Å²) in [7, 11) is 0. The predicted molar refractivity (Wildman–Crippen MR) is 125 cm³/mol. The van der Waals surface area contributed by atoms with Gasteiger partial charge < -0.3 is 4.74 Å². The van der Waals surface area contributed by atoms with Crippen molar-refractivity contribution in [2.45, 2.75) is 26.3 Å². The molecule has 1 aromatic heterocycles. The number of carbonyl (C=O) groups excluding carboxylic acids is 1. The summed E-state index contributed by atoms with van der Waals surface area (Å²) in [6.07, 6.45) is 2.40. The topological polar surface area (TPSA) is 71.1 Å². The van der Waals surface area contributed by atoms with E-state index in [1.165, 1.54) is 25.0 Å². The van der Waals surface area contributed by atoms with Gasteiger partial charge >= 0.3 is 0 Å². The minimum atomic E-state index is -0.566. The van der Waals surface area contributed by atoms with Crippen LogP contribution in [0.4, 0.5) is 4.39 Å². The second-order valence-corrected chi connectivity index (χ2v) is 8.27. The van der Waals surface area contributed by atoms with Crippen LogP contribution >= 0.6 is 0 Å². The summed E-state index contributed by atoms with van der Waals surface area (Å²) in [6.45, 7) is 5.35. The molecule has 1 aliphatic heterocycles. The third kappa shape index (κ3) is 4.50. The molecule has 3 aromatic carbocycles. The molecule has 0 radical (unpaired) electrons. The van der Waals surface area contributed by atoms with Crippen LogP contribution in [-0.2, 0) is 6.54 Å². The van der Waals surface area contributed by atoms with Gasteiger partial charge in [0.2, 0.25) is 0 Å². The van der Waals surface area contributed by atoms with Crippen molar-refractivity contribution in [1.82, 2.24) is 20.1 Å². The van der Waals surface area contributed by atoms with Crippen molar-refractivity contribution in [1.29, 1.82) is 0 Å². The molecule has 1 aliphatic rings. The third-order valence-electron chi connectivity index (χ3n) is 5.96. The van der Waals surface area contributed by atoms with Crippen LogP contribution in [0.3, 0.4) is 0 Å². The molecular weight excluding hydrogens is 419 g/mol. The third-order valence-corrected chi connectivity index (χ3v) is 5.96. The van der Waals surface area contributed by atoms with Crippen LogP contribution in [0.5, 0.6) is 5.75 Å². The zero-order valence-electron chi connectivity index (χ0n) is 18.5. The van der Waals surface area contributed by atoms with Gasteiger partial charge in [-0.15, -0.1) is 0 Å². The van der Waals surface area contributed by atoms with Crippen molar-refractivity contribution in [3.63, 3.8) is 0 Å². The highest BCUT2D eigenvalue weighted by Gasteiger charge is 2.18. The van der Waals surface area contributed by atoms with Crippen LogP contribution in [0.15, 0.2) is 54.6 Å². The van der Waals surface area contributed by atoms with Gasteiger partial charge in [-0.05, 0) is 80.0 Å². The van der Waals surface area contributed by atoms with Gasteiger partial charge in [0.05, 0.1) is 18.7 Å². The lowest BCUT2D eigenvalue weighted by molar-refractivity contribution is 0.103. The molecule has 0 unspecified atom stereocenters. The van der Waals surface area contributed by atoms with E-state index in [4.69, 9.17) is 4.74 Å². The Hall–Kier alpha value is -3.58. The predicted octanol–water partition coefficient (Wildman–Crippen LogP) is 4.99. The molecule has 4 aromatic rings. The van der Waals surface area contributed by atoms with Crippen molar-refractivity contribution < 1.29 is 13.9 Å².